The summed E-state index contributed by atoms with van der Waals surface area (Å²) < 4.78 is 5.65. The topological polar surface area (TPSA) is 58.6 Å². The van der Waals surface area contributed by atoms with E-state index in [1.54, 1.807) is 12.1 Å². The molecule has 2 aromatic carbocycles. The Balaban J connectivity index is 1.38. The van der Waals surface area contributed by atoms with Gasteiger partial charge in [0, 0.05) is 29.4 Å². The lowest BCUT2D eigenvalue weighted by molar-refractivity contribution is -0.122. The van der Waals surface area contributed by atoms with Crippen LogP contribution in [0.5, 0.6) is 5.75 Å². The summed E-state index contributed by atoms with van der Waals surface area (Å²) in [6.07, 6.45) is 7.30. The average molecular weight is 407 g/mol. The lowest BCUT2D eigenvalue weighted by atomic mass is 10.1. The molecule has 1 aliphatic carbocycles. The molecule has 2 amide bonds. The monoisotopic (exact) mass is 406 g/mol. The molecule has 0 saturated heterocycles. The van der Waals surface area contributed by atoms with Crippen molar-refractivity contribution in [2.24, 2.45) is 5.92 Å². The van der Waals surface area contributed by atoms with E-state index in [4.69, 9.17) is 4.74 Å². The molecule has 1 N–H and O–H groups in total. The van der Waals surface area contributed by atoms with Crippen molar-refractivity contribution < 1.29 is 14.3 Å². The fourth-order valence-corrected chi connectivity index (χ4v) is 4.34. The number of hydrogen-bond donors (Lipinski definition) is 1. The summed E-state index contributed by atoms with van der Waals surface area (Å²) in [7, 11) is 0. The van der Waals surface area contributed by atoms with E-state index in [2.05, 4.69) is 12.2 Å². The van der Waals surface area contributed by atoms with Crippen LogP contribution in [0.15, 0.2) is 42.5 Å². The van der Waals surface area contributed by atoms with Gasteiger partial charge in [-0.1, -0.05) is 26.2 Å². The van der Waals surface area contributed by atoms with Crippen molar-refractivity contribution in [1.82, 2.24) is 0 Å². The Hall–Kier alpha value is -2.82. The largest absolute Gasteiger partial charge is 0.494 e. The molecular weight excluding hydrogens is 376 g/mol. The van der Waals surface area contributed by atoms with Gasteiger partial charge in [0.25, 0.3) is 5.91 Å². The van der Waals surface area contributed by atoms with Crippen molar-refractivity contribution in [1.29, 1.82) is 0 Å². The molecule has 0 bridgehead atoms. The number of hydrogen-bond acceptors (Lipinski definition) is 3. The zero-order valence-corrected chi connectivity index (χ0v) is 17.7. The SMILES string of the molecule is CCCCOc1ccc(C(=O)Nc2ccc3c(c2)CCN3C(=O)C2CCCC2)cc1. The second kappa shape index (κ2) is 9.33. The van der Waals surface area contributed by atoms with E-state index >= 15 is 0 Å². The Morgan fingerprint density at radius 3 is 2.60 bits per heavy atom. The molecule has 1 fully saturated rings. The fourth-order valence-electron chi connectivity index (χ4n) is 4.34. The maximum absolute atomic E-state index is 12.8. The van der Waals surface area contributed by atoms with Crippen molar-refractivity contribution in [3.8, 4) is 5.75 Å². The van der Waals surface area contributed by atoms with Gasteiger partial charge < -0.3 is 15.0 Å². The van der Waals surface area contributed by atoms with Gasteiger partial charge in [-0.05, 0) is 73.7 Å². The lowest BCUT2D eigenvalue weighted by Gasteiger charge is -2.21. The molecule has 2 aliphatic rings. The van der Waals surface area contributed by atoms with Gasteiger partial charge in [0.15, 0.2) is 0 Å². The van der Waals surface area contributed by atoms with E-state index in [-0.39, 0.29) is 17.7 Å². The van der Waals surface area contributed by atoms with Crippen molar-refractivity contribution in [3.63, 3.8) is 0 Å². The summed E-state index contributed by atoms with van der Waals surface area (Å²) in [4.78, 5) is 27.4. The van der Waals surface area contributed by atoms with Gasteiger partial charge in [-0.2, -0.15) is 0 Å². The van der Waals surface area contributed by atoms with Crippen LogP contribution in [0.4, 0.5) is 11.4 Å². The zero-order chi connectivity index (χ0) is 20.9. The molecule has 1 aliphatic heterocycles. The van der Waals surface area contributed by atoms with Crippen molar-refractivity contribution in [3.05, 3.63) is 53.6 Å². The van der Waals surface area contributed by atoms with Gasteiger partial charge >= 0.3 is 0 Å². The average Bonchev–Trinajstić information content (AvgIpc) is 3.44. The molecule has 0 spiro atoms. The number of nitrogens with one attached hydrogen (secondary N) is 1. The van der Waals surface area contributed by atoms with Crippen LogP contribution in [0.1, 0.15) is 61.4 Å². The van der Waals surface area contributed by atoms with Crippen molar-refractivity contribution in [2.75, 3.05) is 23.4 Å². The Morgan fingerprint density at radius 1 is 1.10 bits per heavy atom. The third-order valence-corrected chi connectivity index (χ3v) is 6.09. The van der Waals surface area contributed by atoms with E-state index in [9.17, 15) is 9.59 Å². The van der Waals surface area contributed by atoms with Gasteiger partial charge in [0.1, 0.15) is 5.75 Å². The van der Waals surface area contributed by atoms with Crippen LogP contribution in [0.25, 0.3) is 0 Å². The van der Waals surface area contributed by atoms with Gasteiger partial charge in [0.05, 0.1) is 6.61 Å². The van der Waals surface area contributed by atoms with Crippen LogP contribution in [-0.4, -0.2) is 25.0 Å². The smallest absolute Gasteiger partial charge is 0.255 e. The highest BCUT2D eigenvalue weighted by molar-refractivity contribution is 6.05. The first-order valence-corrected chi connectivity index (χ1v) is 11.1. The molecule has 0 atom stereocenters. The Morgan fingerprint density at radius 2 is 1.87 bits per heavy atom. The van der Waals surface area contributed by atoms with Crippen molar-refractivity contribution in [2.45, 2.75) is 51.9 Å². The lowest BCUT2D eigenvalue weighted by Crippen LogP contribution is -2.33. The third-order valence-electron chi connectivity index (χ3n) is 6.09. The second-order valence-electron chi connectivity index (χ2n) is 8.25. The number of nitrogens with zero attached hydrogens (tertiary/aromatic N) is 1. The van der Waals surface area contributed by atoms with E-state index in [0.717, 1.165) is 74.2 Å². The minimum atomic E-state index is -0.146. The molecule has 5 nitrogen and oxygen atoms in total. The summed E-state index contributed by atoms with van der Waals surface area (Å²) in [5.41, 5.74) is 3.48. The number of rotatable bonds is 7. The maximum atomic E-state index is 12.8. The Bertz CT molecular complexity index is 901. The molecule has 0 aromatic heterocycles. The maximum Gasteiger partial charge on any atom is 0.255 e. The summed E-state index contributed by atoms with van der Waals surface area (Å²) in [6, 6.07) is 13.1. The number of ether oxygens (including phenoxy) is 1. The number of carbonyl (C=O) groups excluding carboxylic acids is 2. The summed E-state index contributed by atoms with van der Waals surface area (Å²) in [5, 5.41) is 2.98. The number of anilines is 2. The molecule has 2 aromatic rings. The van der Waals surface area contributed by atoms with Crippen LogP contribution >= 0.6 is 0 Å². The highest BCUT2D eigenvalue weighted by Gasteiger charge is 2.31. The highest BCUT2D eigenvalue weighted by Crippen LogP contribution is 2.35. The first kappa shape index (κ1) is 20.5. The molecule has 30 heavy (non-hydrogen) atoms. The zero-order valence-electron chi connectivity index (χ0n) is 17.7. The first-order valence-electron chi connectivity index (χ1n) is 11.1. The Kier molecular flexibility index (Phi) is 6.36. The number of unbranched alkanes of at least 4 members (excludes halogenated alkanes) is 1. The summed E-state index contributed by atoms with van der Waals surface area (Å²) in [5.74, 6) is 1.09. The predicted molar refractivity (Wildman–Crippen MR) is 119 cm³/mol. The van der Waals surface area contributed by atoms with Crippen LogP contribution < -0.4 is 15.0 Å². The van der Waals surface area contributed by atoms with Crippen LogP contribution in [0.3, 0.4) is 0 Å². The molecule has 0 radical (unpaired) electrons. The molecule has 5 heteroatoms. The third kappa shape index (κ3) is 4.50. The molecular formula is C25H30N2O3. The second-order valence-corrected chi connectivity index (χ2v) is 8.25. The Labute approximate surface area is 178 Å². The van der Waals surface area contributed by atoms with Gasteiger partial charge in [-0.15, -0.1) is 0 Å². The van der Waals surface area contributed by atoms with E-state index < -0.39 is 0 Å². The number of benzene rings is 2. The van der Waals surface area contributed by atoms with Crippen LogP contribution in [0, 0.1) is 5.92 Å². The number of carbonyl (C=O) groups is 2. The van der Waals surface area contributed by atoms with E-state index in [0.29, 0.717) is 12.2 Å². The minimum Gasteiger partial charge on any atom is -0.494 e. The summed E-state index contributed by atoms with van der Waals surface area (Å²) >= 11 is 0. The van der Waals surface area contributed by atoms with Gasteiger partial charge in [-0.25, -0.2) is 0 Å². The number of amides is 2. The van der Waals surface area contributed by atoms with Crippen molar-refractivity contribution >= 4 is 23.2 Å². The molecule has 1 saturated carbocycles. The summed E-state index contributed by atoms with van der Waals surface area (Å²) in [6.45, 7) is 3.56. The quantitative estimate of drug-likeness (QED) is 0.643. The molecule has 158 valence electrons. The molecule has 4 rings (SSSR count). The first-order chi connectivity index (χ1) is 14.7. The highest BCUT2D eigenvalue weighted by atomic mass is 16.5. The van der Waals surface area contributed by atoms with E-state index in [1.807, 2.05) is 35.2 Å². The van der Waals surface area contributed by atoms with Gasteiger partial charge in [-0.3, -0.25) is 9.59 Å². The van der Waals surface area contributed by atoms with Gasteiger partial charge in [0.2, 0.25) is 5.91 Å². The molecule has 0 unspecified atom stereocenters. The standard InChI is InChI=1S/C25H30N2O3/c1-2-3-16-30-22-11-8-18(9-12-22)24(28)26-21-10-13-23-20(17-21)14-15-27(23)25(29)19-6-4-5-7-19/h8-13,17,19H,2-7,14-16H2,1H3,(H,26,28). The molecule has 1 heterocycles. The number of fused-ring (bicyclic) bond motifs is 1. The minimum absolute atomic E-state index is 0.146. The fraction of sp³-hybridized carbons (Fsp3) is 0.440. The van der Waals surface area contributed by atoms with Crippen LogP contribution in [0.2, 0.25) is 0 Å². The van der Waals surface area contributed by atoms with E-state index in [1.165, 1.54) is 0 Å². The normalized spacial score (nSPS) is 15.8. The predicted octanol–water partition coefficient (Wildman–Crippen LogP) is 5.20. The van der Waals surface area contributed by atoms with Crippen LogP contribution in [-0.2, 0) is 11.2 Å².